The number of carbonyl (C=O) groups excluding carboxylic acids is 1. The van der Waals surface area contributed by atoms with Crippen molar-refractivity contribution in [1.82, 2.24) is 19.6 Å². The fraction of sp³-hybridized carbons (Fsp3) is 0.474. The lowest BCUT2D eigenvalue weighted by Crippen LogP contribution is -2.35. The van der Waals surface area contributed by atoms with E-state index in [9.17, 15) is 9.18 Å². The minimum Gasteiger partial charge on any atom is -0.341 e. The molecular formula is C19H25FN4O. The molecule has 0 radical (unpaired) electrons. The predicted octanol–water partition coefficient (Wildman–Crippen LogP) is 2.23. The summed E-state index contributed by atoms with van der Waals surface area (Å²) < 4.78 is 15.1. The van der Waals surface area contributed by atoms with Gasteiger partial charge in [0.25, 0.3) is 0 Å². The van der Waals surface area contributed by atoms with E-state index in [1.165, 1.54) is 6.07 Å². The number of carbonyl (C=O) groups is 1. The van der Waals surface area contributed by atoms with Gasteiger partial charge >= 0.3 is 0 Å². The number of halogens is 1. The van der Waals surface area contributed by atoms with E-state index < -0.39 is 0 Å². The molecule has 0 spiro atoms. The van der Waals surface area contributed by atoms with Gasteiger partial charge in [0, 0.05) is 52.4 Å². The standard InChI is InChI=1S/C19H25FN4O/c1-22-14-17(13-21-22)6-7-19(25)24-9-3-8-23(10-11-24)15-16-4-2-5-18(20)12-16/h2,4-5,12-14H,3,6-11,15H2,1H3. The highest BCUT2D eigenvalue weighted by Crippen LogP contribution is 2.12. The quantitative estimate of drug-likeness (QED) is 0.835. The second kappa shape index (κ2) is 8.25. The molecule has 1 fully saturated rings. The SMILES string of the molecule is Cn1cc(CCC(=O)N2CCCN(Cc3cccc(F)c3)CC2)cn1. The summed E-state index contributed by atoms with van der Waals surface area (Å²) in [5.74, 6) is 0.0102. The molecule has 0 atom stereocenters. The smallest absolute Gasteiger partial charge is 0.222 e. The Bertz CT molecular complexity index is 715. The fourth-order valence-electron chi connectivity index (χ4n) is 3.28. The Balaban J connectivity index is 1.48. The second-order valence-electron chi connectivity index (χ2n) is 6.66. The summed E-state index contributed by atoms with van der Waals surface area (Å²) in [6, 6.07) is 6.75. The Morgan fingerprint density at radius 1 is 1.20 bits per heavy atom. The predicted molar refractivity (Wildman–Crippen MR) is 94.4 cm³/mol. The normalized spacial score (nSPS) is 16.0. The van der Waals surface area contributed by atoms with E-state index in [2.05, 4.69) is 10.00 Å². The number of rotatable bonds is 5. The first-order valence-corrected chi connectivity index (χ1v) is 8.82. The van der Waals surface area contributed by atoms with Gasteiger partial charge in [-0.25, -0.2) is 4.39 Å². The van der Waals surface area contributed by atoms with Crippen molar-refractivity contribution in [1.29, 1.82) is 0 Å². The van der Waals surface area contributed by atoms with Gasteiger partial charge in [-0.1, -0.05) is 12.1 Å². The number of aromatic nitrogens is 2. The van der Waals surface area contributed by atoms with E-state index >= 15 is 0 Å². The summed E-state index contributed by atoms with van der Waals surface area (Å²) in [5.41, 5.74) is 2.08. The van der Waals surface area contributed by atoms with E-state index in [4.69, 9.17) is 0 Å². The summed E-state index contributed by atoms with van der Waals surface area (Å²) in [5, 5.41) is 4.14. The first-order valence-electron chi connectivity index (χ1n) is 8.82. The Morgan fingerprint density at radius 2 is 2.08 bits per heavy atom. The molecule has 1 aromatic carbocycles. The number of hydrogen-bond acceptors (Lipinski definition) is 3. The van der Waals surface area contributed by atoms with E-state index in [1.807, 2.05) is 30.4 Å². The van der Waals surface area contributed by atoms with Crippen LogP contribution in [0.15, 0.2) is 36.7 Å². The molecule has 1 aromatic heterocycles. The van der Waals surface area contributed by atoms with Gasteiger partial charge in [-0.2, -0.15) is 5.10 Å². The van der Waals surface area contributed by atoms with Gasteiger partial charge in [-0.05, 0) is 36.1 Å². The van der Waals surface area contributed by atoms with Gasteiger partial charge in [-0.3, -0.25) is 14.4 Å². The number of amides is 1. The van der Waals surface area contributed by atoms with Crippen molar-refractivity contribution < 1.29 is 9.18 Å². The van der Waals surface area contributed by atoms with Gasteiger partial charge < -0.3 is 4.90 Å². The summed E-state index contributed by atoms with van der Waals surface area (Å²) in [6.45, 7) is 4.03. The van der Waals surface area contributed by atoms with Gasteiger partial charge in [0.2, 0.25) is 5.91 Å². The maximum absolute atomic E-state index is 13.3. The molecule has 0 bridgehead atoms. The minimum absolute atomic E-state index is 0.195. The third-order valence-electron chi connectivity index (χ3n) is 4.62. The lowest BCUT2D eigenvalue weighted by molar-refractivity contribution is -0.131. The molecule has 1 saturated heterocycles. The van der Waals surface area contributed by atoms with Gasteiger partial charge in [0.1, 0.15) is 5.82 Å². The van der Waals surface area contributed by atoms with Crippen LogP contribution in [0.1, 0.15) is 24.0 Å². The second-order valence-corrected chi connectivity index (χ2v) is 6.66. The molecule has 0 N–H and O–H groups in total. The molecule has 0 unspecified atom stereocenters. The topological polar surface area (TPSA) is 41.4 Å². The highest BCUT2D eigenvalue weighted by Gasteiger charge is 2.19. The van der Waals surface area contributed by atoms with Gasteiger partial charge in [0.05, 0.1) is 6.20 Å². The van der Waals surface area contributed by atoms with Crippen LogP contribution in [0.5, 0.6) is 0 Å². The van der Waals surface area contributed by atoms with Crippen LogP contribution in [0.2, 0.25) is 0 Å². The van der Waals surface area contributed by atoms with Crippen molar-refractivity contribution >= 4 is 5.91 Å². The molecule has 1 aliphatic rings. The molecule has 0 saturated carbocycles. The van der Waals surface area contributed by atoms with Crippen molar-refractivity contribution in [3.05, 3.63) is 53.6 Å². The molecule has 6 heteroatoms. The van der Waals surface area contributed by atoms with E-state index in [0.717, 1.165) is 56.7 Å². The lowest BCUT2D eigenvalue weighted by Gasteiger charge is -2.22. The van der Waals surface area contributed by atoms with Crippen LogP contribution in [0.25, 0.3) is 0 Å². The van der Waals surface area contributed by atoms with Crippen LogP contribution in [0.4, 0.5) is 4.39 Å². The summed E-state index contributed by atoms with van der Waals surface area (Å²) in [4.78, 5) is 16.7. The molecule has 1 aliphatic heterocycles. The third-order valence-corrected chi connectivity index (χ3v) is 4.62. The van der Waals surface area contributed by atoms with Crippen molar-refractivity contribution in [3.63, 3.8) is 0 Å². The fourth-order valence-corrected chi connectivity index (χ4v) is 3.28. The molecule has 2 heterocycles. The van der Waals surface area contributed by atoms with E-state index in [0.29, 0.717) is 6.42 Å². The first-order chi connectivity index (χ1) is 12.1. The largest absolute Gasteiger partial charge is 0.341 e. The Hall–Kier alpha value is -2.21. The molecule has 25 heavy (non-hydrogen) atoms. The molecule has 2 aromatic rings. The Labute approximate surface area is 148 Å². The van der Waals surface area contributed by atoms with Crippen molar-refractivity contribution in [3.8, 4) is 0 Å². The summed E-state index contributed by atoms with van der Waals surface area (Å²) in [6.07, 6.45) is 5.98. The zero-order valence-electron chi connectivity index (χ0n) is 14.7. The highest BCUT2D eigenvalue weighted by atomic mass is 19.1. The molecule has 3 rings (SSSR count). The first kappa shape index (κ1) is 17.6. The zero-order valence-corrected chi connectivity index (χ0v) is 14.7. The molecule has 5 nitrogen and oxygen atoms in total. The van der Waals surface area contributed by atoms with Crippen LogP contribution in [-0.2, 0) is 24.8 Å². The van der Waals surface area contributed by atoms with Crippen LogP contribution in [0, 0.1) is 5.82 Å². The van der Waals surface area contributed by atoms with Crippen molar-refractivity contribution in [2.45, 2.75) is 25.8 Å². The Kier molecular flexibility index (Phi) is 5.81. The summed E-state index contributed by atoms with van der Waals surface area (Å²) in [7, 11) is 1.88. The highest BCUT2D eigenvalue weighted by molar-refractivity contribution is 5.76. The van der Waals surface area contributed by atoms with Crippen LogP contribution < -0.4 is 0 Å². The van der Waals surface area contributed by atoms with E-state index in [-0.39, 0.29) is 11.7 Å². The zero-order chi connectivity index (χ0) is 17.6. The van der Waals surface area contributed by atoms with Gasteiger partial charge in [0.15, 0.2) is 0 Å². The average molecular weight is 344 g/mol. The van der Waals surface area contributed by atoms with Crippen molar-refractivity contribution in [2.24, 2.45) is 7.05 Å². The molecular weight excluding hydrogens is 319 g/mol. The third kappa shape index (κ3) is 5.13. The number of aryl methyl sites for hydroxylation is 2. The number of hydrogen-bond donors (Lipinski definition) is 0. The molecule has 1 amide bonds. The van der Waals surface area contributed by atoms with E-state index in [1.54, 1.807) is 16.8 Å². The maximum Gasteiger partial charge on any atom is 0.222 e. The van der Waals surface area contributed by atoms with Crippen LogP contribution in [-0.4, -0.2) is 51.7 Å². The number of nitrogens with zero attached hydrogens (tertiary/aromatic N) is 4. The summed E-state index contributed by atoms with van der Waals surface area (Å²) >= 11 is 0. The minimum atomic E-state index is -0.195. The van der Waals surface area contributed by atoms with Crippen molar-refractivity contribution in [2.75, 3.05) is 26.2 Å². The molecule has 0 aliphatic carbocycles. The van der Waals surface area contributed by atoms with Gasteiger partial charge in [-0.15, -0.1) is 0 Å². The maximum atomic E-state index is 13.3. The average Bonchev–Trinajstić information content (AvgIpc) is 2.86. The lowest BCUT2D eigenvalue weighted by atomic mass is 10.2. The molecule has 134 valence electrons. The Morgan fingerprint density at radius 3 is 2.84 bits per heavy atom. The monoisotopic (exact) mass is 344 g/mol. The van der Waals surface area contributed by atoms with Crippen LogP contribution >= 0.6 is 0 Å². The number of benzene rings is 1. The van der Waals surface area contributed by atoms with Crippen LogP contribution in [0.3, 0.4) is 0 Å².